The zero-order chi connectivity index (χ0) is 37.6. The lowest BCUT2D eigenvalue weighted by molar-refractivity contribution is -0.0591. The predicted molar refractivity (Wildman–Crippen MR) is 210 cm³/mol. The van der Waals surface area contributed by atoms with Gasteiger partial charge in [-0.1, -0.05) is 18.2 Å². The molecule has 12 nitrogen and oxygen atoms in total. The molecule has 1 fully saturated rings. The lowest BCUT2D eigenvalue weighted by Crippen LogP contribution is -2.33. The minimum atomic E-state index is -0.179. The van der Waals surface area contributed by atoms with E-state index in [1.54, 1.807) is 12.1 Å². The van der Waals surface area contributed by atoms with Gasteiger partial charge < -0.3 is 23.8 Å². The van der Waals surface area contributed by atoms with Crippen molar-refractivity contribution < 1.29 is 18.7 Å². The molecule has 0 aliphatic carbocycles. The maximum Gasteiger partial charge on any atom is 0.255 e. The number of rotatable bonds is 10. The summed E-state index contributed by atoms with van der Waals surface area (Å²) in [5.74, 6) is 1.29. The number of carbonyl (C=O) groups excluding carboxylic acids is 1. The van der Waals surface area contributed by atoms with Gasteiger partial charge in [-0.2, -0.15) is 10.4 Å². The quantitative estimate of drug-likeness (QED) is 0.141. The molecule has 0 radical (unpaired) electrons. The Morgan fingerprint density at radius 2 is 2.00 bits per heavy atom. The third kappa shape index (κ3) is 6.82. The van der Waals surface area contributed by atoms with Crippen LogP contribution < -0.4 is 10.1 Å². The SMILES string of the molecule is Cc1[nH]nc2c(C)cc(C(=O)Nc3ccc4c(c3)nc(CN3CC=C(c5cccc(OCc6ccc(C#N)c7cc(Cl)oc67)n5)CC3)n4C[C@@H]3CCO3)cc12. The molecular formula is C42H37ClN8O4. The number of hydrogen-bond donors (Lipinski definition) is 2. The number of aryl methyl sites for hydroxylation is 2. The van der Waals surface area contributed by atoms with E-state index in [9.17, 15) is 10.1 Å². The monoisotopic (exact) mass is 752 g/mol. The summed E-state index contributed by atoms with van der Waals surface area (Å²) in [4.78, 5) is 25.7. The number of imidazole rings is 1. The van der Waals surface area contributed by atoms with Gasteiger partial charge in [0.1, 0.15) is 18.0 Å². The molecule has 0 bridgehead atoms. The number of benzene rings is 3. The fourth-order valence-electron chi connectivity index (χ4n) is 7.44. The van der Waals surface area contributed by atoms with Crippen LogP contribution in [0.3, 0.4) is 0 Å². The second-order valence-corrected chi connectivity index (χ2v) is 14.5. The van der Waals surface area contributed by atoms with Crippen molar-refractivity contribution in [2.24, 2.45) is 0 Å². The number of anilines is 1. The Kier molecular flexibility index (Phi) is 9.06. The van der Waals surface area contributed by atoms with Crippen LogP contribution in [0.2, 0.25) is 5.22 Å². The van der Waals surface area contributed by atoms with Crippen molar-refractivity contribution in [2.45, 2.75) is 52.5 Å². The standard InChI is InChI=1S/C42H37ClN8O4/c1-24-16-29(17-32-25(2)48-49-40(24)32)42(52)45-30-8-9-36-35(18-30)46-38(51(36)21-31-12-15-53-31)22-50-13-10-26(11-14-50)34-4-3-5-39(47-34)54-23-28-7-6-27(20-44)33-19-37(43)55-41(28)33/h3-10,16-19,31H,11-15,21-23H2,1-2H3,(H,45,52)(H,48,49)/t31-/m0/s1. The van der Waals surface area contributed by atoms with Gasteiger partial charge in [-0.3, -0.25) is 14.8 Å². The highest BCUT2D eigenvalue weighted by Gasteiger charge is 2.24. The highest BCUT2D eigenvalue weighted by molar-refractivity contribution is 6.29. The van der Waals surface area contributed by atoms with Crippen molar-refractivity contribution in [1.29, 1.82) is 5.26 Å². The fourth-order valence-corrected chi connectivity index (χ4v) is 7.62. The Labute approximate surface area is 321 Å². The zero-order valence-corrected chi connectivity index (χ0v) is 31.1. The van der Waals surface area contributed by atoms with Crippen LogP contribution in [0, 0.1) is 25.2 Å². The van der Waals surface area contributed by atoms with E-state index >= 15 is 0 Å². The van der Waals surface area contributed by atoms with E-state index in [-0.39, 0.29) is 23.8 Å². The third-order valence-electron chi connectivity index (χ3n) is 10.5. The van der Waals surface area contributed by atoms with Crippen LogP contribution in [-0.4, -0.2) is 61.3 Å². The van der Waals surface area contributed by atoms with Gasteiger partial charge in [0.2, 0.25) is 5.88 Å². The van der Waals surface area contributed by atoms with E-state index in [2.05, 4.69) is 37.1 Å². The third-order valence-corrected chi connectivity index (χ3v) is 10.7. The molecule has 9 rings (SSSR count). The summed E-state index contributed by atoms with van der Waals surface area (Å²) >= 11 is 6.11. The molecular weight excluding hydrogens is 716 g/mol. The molecule has 2 aliphatic heterocycles. The van der Waals surface area contributed by atoms with Crippen molar-refractivity contribution in [3.8, 4) is 11.9 Å². The number of amides is 1. The Balaban J connectivity index is 0.894. The van der Waals surface area contributed by atoms with Crippen LogP contribution in [0.4, 0.5) is 5.69 Å². The van der Waals surface area contributed by atoms with Gasteiger partial charge in [0.25, 0.3) is 5.91 Å². The molecule has 7 aromatic rings. The molecule has 1 amide bonds. The Morgan fingerprint density at radius 3 is 2.80 bits per heavy atom. The summed E-state index contributed by atoms with van der Waals surface area (Å²) in [5.41, 5.74) is 9.73. The van der Waals surface area contributed by atoms with Crippen molar-refractivity contribution >= 4 is 61.7 Å². The maximum absolute atomic E-state index is 13.4. The number of fused-ring (bicyclic) bond motifs is 3. The van der Waals surface area contributed by atoms with Crippen molar-refractivity contribution in [3.63, 3.8) is 0 Å². The molecule has 0 spiro atoms. The van der Waals surface area contributed by atoms with E-state index in [4.69, 9.17) is 35.5 Å². The second-order valence-electron chi connectivity index (χ2n) is 14.2. The molecule has 13 heteroatoms. The molecule has 6 heterocycles. The molecule has 4 aromatic heterocycles. The first-order valence-corrected chi connectivity index (χ1v) is 18.7. The van der Waals surface area contributed by atoms with Gasteiger partial charge >= 0.3 is 0 Å². The number of aromatic nitrogens is 5. The number of halogens is 1. The number of nitrogens with zero attached hydrogens (tertiary/aromatic N) is 6. The van der Waals surface area contributed by atoms with Gasteiger partial charge in [-0.05, 0) is 91.9 Å². The Bertz CT molecular complexity index is 2700. The number of furan rings is 1. The fraction of sp³-hybridized carbons (Fsp3) is 0.262. The molecule has 1 saturated heterocycles. The minimum Gasteiger partial charge on any atom is -0.473 e. The van der Waals surface area contributed by atoms with Crippen LogP contribution in [0.5, 0.6) is 5.88 Å². The van der Waals surface area contributed by atoms with Crippen molar-refractivity contribution in [2.75, 3.05) is 25.0 Å². The van der Waals surface area contributed by atoms with Crippen LogP contribution in [-0.2, 0) is 24.4 Å². The Morgan fingerprint density at radius 1 is 1.11 bits per heavy atom. The average Bonchev–Trinajstić information content (AvgIpc) is 3.86. The molecule has 0 unspecified atom stereocenters. The lowest BCUT2D eigenvalue weighted by Gasteiger charge is -2.29. The largest absolute Gasteiger partial charge is 0.473 e. The predicted octanol–water partition coefficient (Wildman–Crippen LogP) is 8.11. The first-order chi connectivity index (χ1) is 26.8. The number of ether oxygens (including phenoxy) is 2. The lowest BCUT2D eigenvalue weighted by atomic mass is 10.0. The normalized spacial score (nSPS) is 16.0. The number of pyridine rings is 1. The van der Waals surface area contributed by atoms with Gasteiger partial charge in [-0.25, -0.2) is 9.97 Å². The second kappa shape index (κ2) is 14.3. The van der Waals surface area contributed by atoms with Gasteiger partial charge in [0, 0.05) is 65.1 Å². The summed E-state index contributed by atoms with van der Waals surface area (Å²) in [5, 5.41) is 21.8. The van der Waals surface area contributed by atoms with Gasteiger partial charge in [-0.15, -0.1) is 0 Å². The topological polar surface area (TPSA) is 147 Å². The number of carbonyl (C=O) groups is 1. The summed E-state index contributed by atoms with van der Waals surface area (Å²) in [7, 11) is 0. The summed E-state index contributed by atoms with van der Waals surface area (Å²) in [6.07, 6.45) is 4.23. The molecule has 2 N–H and O–H groups in total. The Hall–Kier alpha value is -6.00. The molecule has 2 aliphatic rings. The van der Waals surface area contributed by atoms with Crippen LogP contribution >= 0.6 is 11.6 Å². The van der Waals surface area contributed by atoms with Crippen molar-refractivity contribution in [3.05, 3.63) is 117 Å². The summed E-state index contributed by atoms with van der Waals surface area (Å²) < 4.78 is 19.9. The number of hydrogen-bond acceptors (Lipinski definition) is 9. The minimum absolute atomic E-state index is 0.160. The van der Waals surface area contributed by atoms with E-state index in [0.29, 0.717) is 40.2 Å². The number of H-pyrrole nitrogens is 1. The van der Waals surface area contributed by atoms with E-state index in [0.717, 1.165) is 94.9 Å². The summed E-state index contributed by atoms with van der Waals surface area (Å²) in [6.45, 7) is 7.90. The highest BCUT2D eigenvalue weighted by Crippen LogP contribution is 2.31. The molecule has 276 valence electrons. The van der Waals surface area contributed by atoms with E-state index in [1.165, 1.54) is 0 Å². The maximum atomic E-state index is 13.4. The number of nitrogens with one attached hydrogen (secondary N) is 2. The van der Waals surface area contributed by atoms with Crippen LogP contribution in [0.1, 0.15) is 57.1 Å². The van der Waals surface area contributed by atoms with E-state index in [1.807, 2.05) is 68.4 Å². The first-order valence-electron chi connectivity index (χ1n) is 18.3. The van der Waals surface area contributed by atoms with Crippen molar-refractivity contribution in [1.82, 2.24) is 29.6 Å². The number of nitriles is 1. The van der Waals surface area contributed by atoms with Gasteiger partial charge in [0.15, 0.2) is 5.22 Å². The molecule has 55 heavy (non-hydrogen) atoms. The highest BCUT2D eigenvalue weighted by atomic mass is 35.5. The molecule has 0 saturated carbocycles. The molecule has 3 aromatic carbocycles. The van der Waals surface area contributed by atoms with Crippen LogP contribution in [0.15, 0.2) is 77.2 Å². The van der Waals surface area contributed by atoms with E-state index < -0.39 is 0 Å². The zero-order valence-electron chi connectivity index (χ0n) is 30.4. The van der Waals surface area contributed by atoms with Gasteiger partial charge in [0.05, 0.1) is 53.1 Å². The average molecular weight is 753 g/mol. The first kappa shape index (κ1) is 34.7. The summed E-state index contributed by atoms with van der Waals surface area (Å²) in [6, 6.07) is 22.9. The number of aromatic amines is 1. The molecule has 1 atom stereocenters. The van der Waals surface area contributed by atoms with Crippen LogP contribution in [0.25, 0.3) is 38.5 Å². The smallest absolute Gasteiger partial charge is 0.255 e.